The van der Waals surface area contributed by atoms with Gasteiger partial charge in [-0.2, -0.15) is 0 Å². The predicted molar refractivity (Wildman–Crippen MR) is 81.1 cm³/mol. The molecule has 0 saturated heterocycles. The fraction of sp³-hybridized carbons (Fsp3) is 0.235. The van der Waals surface area contributed by atoms with Crippen LogP contribution in [0.1, 0.15) is 37.5 Å². The molecule has 0 saturated carbocycles. The molecule has 2 heteroatoms. The van der Waals surface area contributed by atoms with E-state index < -0.39 is 0 Å². The molecule has 0 atom stereocenters. The maximum absolute atomic E-state index is 11.2. The summed E-state index contributed by atoms with van der Waals surface area (Å²) in [5.74, 6) is 0. The zero-order valence-electron chi connectivity index (χ0n) is 11.6. The molecule has 98 valence electrons. The molecule has 1 heterocycles. The third-order valence-electron chi connectivity index (χ3n) is 3.04. The van der Waals surface area contributed by atoms with Gasteiger partial charge in [-0.15, -0.1) is 0 Å². The van der Waals surface area contributed by atoms with E-state index in [0.717, 1.165) is 11.1 Å². The number of aromatic amines is 1. The Bertz CT molecular complexity index is 627. The van der Waals surface area contributed by atoms with E-state index in [0.29, 0.717) is 0 Å². The summed E-state index contributed by atoms with van der Waals surface area (Å²) in [5, 5.41) is 0. The minimum absolute atomic E-state index is 0.0785. The summed E-state index contributed by atoms with van der Waals surface area (Å²) in [6, 6.07) is 12.0. The fourth-order valence-electron chi connectivity index (χ4n) is 1.85. The second-order valence-corrected chi connectivity index (χ2v) is 5.69. The van der Waals surface area contributed by atoms with Crippen LogP contribution in [0, 0.1) is 0 Å². The number of hydrogen-bond acceptors (Lipinski definition) is 1. The van der Waals surface area contributed by atoms with Crippen molar-refractivity contribution < 1.29 is 0 Å². The minimum Gasteiger partial charge on any atom is -0.329 e. The van der Waals surface area contributed by atoms with Crippen LogP contribution < -0.4 is 5.56 Å². The number of nitrogens with one attached hydrogen (secondary N) is 1. The zero-order valence-corrected chi connectivity index (χ0v) is 11.6. The zero-order chi connectivity index (χ0) is 13.9. The molecule has 0 aliphatic heterocycles. The smallest absolute Gasteiger partial charge is 0.248 e. The van der Waals surface area contributed by atoms with E-state index in [4.69, 9.17) is 0 Å². The Labute approximate surface area is 113 Å². The van der Waals surface area contributed by atoms with Crippen LogP contribution in [0.5, 0.6) is 0 Å². The van der Waals surface area contributed by atoms with Crippen molar-refractivity contribution in [1.29, 1.82) is 0 Å². The standard InChI is InChI=1S/C17H19NO/c1-17(2,3)15-8-6-13(7-9-15)4-5-14-10-11-18-16(19)12-14/h4-12H,1-3H3,(H,18,19)/b5-4+. The molecule has 1 aromatic heterocycles. The summed E-state index contributed by atoms with van der Waals surface area (Å²) in [6.45, 7) is 6.61. The average molecular weight is 253 g/mol. The lowest BCUT2D eigenvalue weighted by Gasteiger charge is -2.18. The molecule has 2 aromatic rings. The average Bonchev–Trinajstić information content (AvgIpc) is 2.36. The molecule has 0 aliphatic rings. The third kappa shape index (κ3) is 3.68. The van der Waals surface area contributed by atoms with Gasteiger partial charge < -0.3 is 4.98 Å². The maximum Gasteiger partial charge on any atom is 0.248 e. The molecule has 19 heavy (non-hydrogen) atoms. The number of aromatic nitrogens is 1. The highest BCUT2D eigenvalue weighted by atomic mass is 16.1. The van der Waals surface area contributed by atoms with Crippen LogP contribution in [0.25, 0.3) is 12.2 Å². The van der Waals surface area contributed by atoms with Gasteiger partial charge in [0.05, 0.1) is 0 Å². The second kappa shape index (κ2) is 5.27. The van der Waals surface area contributed by atoms with Crippen molar-refractivity contribution >= 4 is 12.2 Å². The normalized spacial score (nSPS) is 11.9. The van der Waals surface area contributed by atoms with Gasteiger partial charge in [-0.1, -0.05) is 57.2 Å². The van der Waals surface area contributed by atoms with Crippen LogP contribution >= 0.6 is 0 Å². The quantitative estimate of drug-likeness (QED) is 0.866. The van der Waals surface area contributed by atoms with E-state index >= 15 is 0 Å². The molecule has 1 aromatic carbocycles. The van der Waals surface area contributed by atoms with Crippen molar-refractivity contribution in [3.63, 3.8) is 0 Å². The number of pyridine rings is 1. The summed E-state index contributed by atoms with van der Waals surface area (Å²) in [5.41, 5.74) is 3.46. The number of benzene rings is 1. The molecular weight excluding hydrogens is 234 g/mol. The summed E-state index contributed by atoms with van der Waals surface area (Å²) in [7, 11) is 0. The van der Waals surface area contributed by atoms with Crippen molar-refractivity contribution in [2.24, 2.45) is 0 Å². The number of hydrogen-bond donors (Lipinski definition) is 1. The van der Waals surface area contributed by atoms with Crippen LogP contribution in [0.3, 0.4) is 0 Å². The van der Waals surface area contributed by atoms with Crippen LogP contribution in [0.2, 0.25) is 0 Å². The van der Waals surface area contributed by atoms with Gasteiger partial charge in [0.15, 0.2) is 0 Å². The summed E-state index contributed by atoms with van der Waals surface area (Å²) >= 11 is 0. The van der Waals surface area contributed by atoms with Gasteiger partial charge in [-0.3, -0.25) is 4.79 Å². The van der Waals surface area contributed by atoms with Crippen molar-refractivity contribution in [3.05, 3.63) is 69.6 Å². The third-order valence-corrected chi connectivity index (χ3v) is 3.04. The van der Waals surface area contributed by atoms with Gasteiger partial charge >= 0.3 is 0 Å². The monoisotopic (exact) mass is 253 g/mol. The highest BCUT2D eigenvalue weighted by Gasteiger charge is 2.12. The van der Waals surface area contributed by atoms with Crippen LogP contribution in [0.4, 0.5) is 0 Å². The lowest BCUT2D eigenvalue weighted by atomic mass is 9.87. The topological polar surface area (TPSA) is 32.9 Å². The van der Waals surface area contributed by atoms with Gasteiger partial charge in [0.1, 0.15) is 0 Å². The summed E-state index contributed by atoms with van der Waals surface area (Å²) in [4.78, 5) is 13.8. The van der Waals surface area contributed by atoms with E-state index in [1.807, 2.05) is 18.2 Å². The summed E-state index contributed by atoms with van der Waals surface area (Å²) in [6.07, 6.45) is 5.62. The van der Waals surface area contributed by atoms with Crippen LogP contribution in [0.15, 0.2) is 47.4 Å². The van der Waals surface area contributed by atoms with E-state index in [9.17, 15) is 4.79 Å². The Morgan fingerprint density at radius 3 is 2.16 bits per heavy atom. The number of rotatable bonds is 2. The van der Waals surface area contributed by atoms with Crippen molar-refractivity contribution in [3.8, 4) is 0 Å². The van der Waals surface area contributed by atoms with Crippen molar-refractivity contribution in [2.45, 2.75) is 26.2 Å². The molecule has 2 nitrogen and oxygen atoms in total. The van der Waals surface area contributed by atoms with Gasteiger partial charge in [0.25, 0.3) is 0 Å². The molecular formula is C17H19NO. The van der Waals surface area contributed by atoms with Crippen molar-refractivity contribution in [2.75, 3.05) is 0 Å². The van der Waals surface area contributed by atoms with E-state index in [2.05, 4.69) is 50.0 Å². The molecule has 0 amide bonds. The molecule has 0 aliphatic carbocycles. The van der Waals surface area contributed by atoms with Gasteiger partial charge in [0.2, 0.25) is 5.56 Å². The van der Waals surface area contributed by atoms with Gasteiger partial charge in [-0.05, 0) is 28.2 Å². The lowest BCUT2D eigenvalue weighted by Crippen LogP contribution is -2.10. The first kappa shape index (κ1) is 13.3. The lowest BCUT2D eigenvalue weighted by molar-refractivity contribution is 0.590. The Morgan fingerprint density at radius 2 is 1.58 bits per heavy atom. The van der Waals surface area contributed by atoms with Gasteiger partial charge in [-0.25, -0.2) is 0 Å². The van der Waals surface area contributed by atoms with Crippen molar-refractivity contribution in [1.82, 2.24) is 4.98 Å². The van der Waals surface area contributed by atoms with E-state index in [1.54, 1.807) is 12.3 Å². The predicted octanol–water partition coefficient (Wildman–Crippen LogP) is 3.84. The Balaban J connectivity index is 2.18. The highest BCUT2D eigenvalue weighted by molar-refractivity contribution is 5.69. The highest BCUT2D eigenvalue weighted by Crippen LogP contribution is 2.22. The Kier molecular flexibility index (Phi) is 3.70. The first-order valence-corrected chi connectivity index (χ1v) is 6.42. The molecule has 0 bridgehead atoms. The Morgan fingerprint density at radius 1 is 0.947 bits per heavy atom. The molecule has 0 fully saturated rings. The summed E-state index contributed by atoms with van der Waals surface area (Å²) < 4.78 is 0. The first-order chi connectivity index (χ1) is 8.95. The van der Waals surface area contributed by atoms with E-state index in [-0.39, 0.29) is 11.0 Å². The van der Waals surface area contributed by atoms with Gasteiger partial charge in [0, 0.05) is 12.3 Å². The molecule has 2 rings (SSSR count). The molecule has 1 N–H and O–H groups in total. The molecule has 0 unspecified atom stereocenters. The maximum atomic E-state index is 11.2. The minimum atomic E-state index is -0.0785. The van der Waals surface area contributed by atoms with E-state index in [1.165, 1.54) is 5.56 Å². The van der Waals surface area contributed by atoms with Crippen LogP contribution in [-0.4, -0.2) is 4.98 Å². The second-order valence-electron chi connectivity index (χ2n) is 5.69. The molecule has 0 radical (unpaired) electrons. The number of H-pyrrole nitrogens is 1. The fourth-order valence-corrected chi connectivity index (χ4v) is 1.85. The largest absolute Gasteiger partial charge is 0.329 e. The molecule has 0 spiro atoms. The first-order valence-electron chi connectivity index (χ1n) is 6.42. The SMILES string of the molecule is CC(C)(C)c1ccc(/C=C/c2cc[nH]c(=O)c2)cc1. The van der Waals surface area contributed by atoms with Crippen LogP contribution in [-0.2, 0) is 5.41 Å². The Hall–Kier alpha value is -2.09.